The molecular formula is C18H29NO2. The van der Waals surface area contributed by atoms with E-state index >= 15 is 0 Å². The van der Waals surface area contributed by atoms with Crippen LogP contribution >= 0.6 is 0 Å². The lowest BCUT2D eigenvalue weighted by molar-refractivity contribution is 0.160. The van der Waals surface area contributed by atoms with Crippen LogP contribution < -0.4 is 15.2 Å². The lowest BCUT2D eigenvalue weighted by Gasteiger charge is -2.37. The minimum atomic E-state index is 0.446. The molecule has 1 fully saturated rings. The first-order valence-corrected chi connectivity index (χ1v) is 8.14. The Kier molecular flexibility index (Phi) is 5.92. The summed E-state index contributed by atoms with van der Waals surface area (Å²) >= 11 is 0. The topological polar surface area (TPSA) is 44.5 Å². The van der Waals surface area contributed by atoms with E-state index in [2.05, 4.69) is 6.07 Å². The molecule has 0 atom stereocenters. The number of benzene rings is 1. The predicted octanol–water partition coefficient (Wildman–Crippen LogP) is 3.94. The van der Waals surface area contributed by atoms with Gasteiger partial charge in [0.25, 0.3) is 0 Å². The summed E-state index contributed by atoms with van der Waals surface area (Å²) in [5.74, 6) is 1.87. The summed E-state index contributed by atoms with van der Waals surface area (Å²) in [4.78, 5) is 0. The average molecular weight is 291 g/mol. The Morgan fingerprint density at radius 3 is 2.43 bits per heavy atom. The van der Waals surface area contributed by atoms with E-state index in [4.69, 9.17) is 15.2 Å². The first kappa shape index (κ1) is 16.2. The summed E-state index contributed by atoms with van der Waals surface area (Å²) in [5.41, 5.74) is 7.56. The molecule has 1 aliphatic rings. The van der Waals surface area contributed by atoms with E-state index in [1.807, 2.05) is 12.1 Å². The van der Waals surface area contributed by atoms with Crippen LogP contribution in [0.2, 0.25) is 0 Å². The van der Waals surface area contributed by atoms with Gasteiger partial charge in [0.15, 0.2) is 0 Å². The molecule has 3 heteroatoms. The lowest BCUT2D eigenvalue weighted by atomic mass is 9.68. The molecule has 0 saturated heterocycles. The second-order valence-electron chi connectivity index (χ2n) is 6.28. The normalized spacial score (nSPS) is 17.5. The van der Waals surface area contributed by atoms with Crippen LogP contribution in [-0.2, 0) is 6.42 Å². The zero-order valence-corrected chi connectivity index (χ0v) is 13.5. The molecule has 0 radical (unpaired) electrons. The van der Waals surface area contributed by atoms with Crippen LogP contribution in [0.25, 0.3) is 0 Å². The molecule has 21 heavy (non-hydrogen) atoms. The maximum absolute atomic E-state index is 5.87. The Morgan fingerprint density at radius 1 is 1.05 bits per heavy atom. The Bertz CT molecular complexity index is 433. The molecular weight excluding hydrogens is 262 g/mol. The molecule has 1 aliphatic carbocycles. The fourth-order valence-electron chi connectivity index (χ4n) is 3.71. The molecule has 3 nitrogen and oxygen atoms in total. The second kappa shape index (κ2) is 7.69. The van der Waals surface area contributed by atoms with Gasteiger partial charge in [0.05, 0.1) is 14.2 Å². The highest BCUT2D eigenvalue weighted by Gasteiger charge is 2.31. The van der Waals surface area contributed by atoms with Crippen molar-refractivity contribution in [3.8, 4) is 11.5 Å². The van der Waals surface area contributed by atoms with E-state index in [0.717, 1.165) is 30.9 Å². The summed E-state index contributed by atoms with van der Waals surface area (Å²) in [6.07, 6.45) is 10.2. The molecule has 0 aliphatic heterocycles. The molecule has 2 N–H and O–H groups in total. The number of aryl methyl sites for hydroxylation is 1. The van der Waals surface area contributed by atoms with Gasteiger partial charge in [-0.25, -0.2) is 0 Å². The molecule has 0 heterocycles. The van der Waals surface area contributed by atoms with Crippen molar-refractivity contribution in [2.45, 2.75) is 51.4 Å². The van der Waals surface area contributed by atoms with Gasteiger partial charge in [0.2, 0.25) is 0 Å². The summed E-state index contributed by atoms with van der Waals surface area (Å²) in [5, 5.41) is 0. The lowest BCUT2D eigenvalue weighted by Crippen LogP contribution is -2.28. The van der Waals surface area contributed by atoms with Crippen LogP contribution in [0.15, 0.2) is 18.2 Å². The fourth-order valence-corrected chi connectivity index (χ4v) is 3.71. The zero-order valence-electron chi connectivity index (χ0n) is 13.5. The van der Waals surface area contributed by atoms with Crippen LogP contribution in [-0.4, -0.2) is 20.8 Å². The molecule has 118 valence electrons. The first-order valence-electron chi connectivity index (χ1n) is 8.14. The van der Waals surface area contributed by atoms with Crippen LogP contribution in [0.3, 0.4) is 0 Å². The number of methoxy groups -OCH3 is 2. The summed E-state index contributed by atoms with van der Waals surface area (Å²) < 4.78 is 10.8. The van der Waals surface area contributed by atoms with Crippen molar-refractivity contribution in [2.75, 3.05) is 20.8 Å². The number of nitrogens with two attached hydrogens (primary N) is 1. The minimum Gasteiger partial charge on any atom is -0.497 e. The zero-order chi connectivity index (χ0) is 15.1. The van der Waals surface area contributed by atoms with Gasteiger partial charge in [-0.3, -0.25) is 0 Å². The third-order valence-electron chi connectivity index (χ3n) is 5.00. The van der Waals surface area contributed by atoms with Crippen molar-refractivity contribution >= 4 is 0 Å². The van der Waals surface area contributed by atoms with Crippen LogP contribution in [0.1, 0.15) is 50.5 Å². The highest BCUT2D eigenvalue weighted by Crippen LogP contribution is 2.43. The average Bonchev–Trinajstić information content (AvgIpc) is 2.54. The summed E-state index contributed by atoms with van der Waals surface area (Å²) in [7, 11) is 3.45. The van der Waals surface area contributed by atoms with Gasteiger partial charge in [-0.1, -0.05) is 19.3 Å². The van der Waals surface area contributed by atoms with Gasteiger partial charge < -0.3 is 15.2 Å². The Hall–Kier alpha value is -1.22. The third-order valence-corrected chi connectivity index (χ3v) is 5.00. The molecule has 1 aromatic carbocycles. The Labute approximate surface area is 128 Å². The van der Waals surface area contributed by atoms with E-state index in [1.165, 1.54) is 44.1 Å². The molecule has 0 amide bonds. The van der Waals surface area contributed by atoms with Crippen molar-refractivity contribution in [3.05, 3.63) is 23.8 Å². The van der Waals surface area contributed by atoms with E-state index in [1.54, 1.807) is 14.2 Å². The maximum atomic E-state index is 5.87. The first-order chi connectivity index (χ1) is 10.2. The molecule has 0 unspecified atom stereocenters. The van der Waals surface area contributed by atoms with Crippen LogP contribution in [0, 0.1) is 5.41 Å². The highest BCUT2D eigenvalue weighted by atomic mass is 16.5. The summed E-state index contributed by atoms with van der Waals surface area (Å²) in [6.45, 7) is 0.801. The van der Waals surface area contributed by atoms with E-state index in [9.17, 15) is 0 Å². The van der Waals surface area contributed by atoms with E-state index in [-0.39, 0.29) is 0 Å². The quantitative estimate of drug-likeness (QED) is 0.827. The van der Waals surface area contributed by atoms with Gasteiger partial charge in [-0.15, -0.1) is 0 Å². The molecule has 1 saturated carbocycles. The maximum Gasteiger partial charge on any atom is 0.122 e. The van der Waals surface area contributed by atoms with Crippen molar-refractivity contribution in [1.82, 2.24) is 0 Å². The SMILES string of the molecule is COc1ccc(OC)c(CCC2(CCN)CCCCC2)c1. The number of hydrogen-bond donors (Lipinski definition) is 1. The molecule has 0 bridgehead atoms. The fraction of sp³-hybridized carbons (Fsp3) is 0.667. The van der Waals surface area contributed by atoms with Gasteiger partial charge in [-0.2, -0.15) is 0 Å². The number of hydrogen-bond acceptors (Lipinski definition) is 3. The summed E-state index contributed by atoms with van der Waals surface area (Å²) in [6, 6.07) is 6.07. The van der Waals surface area contributed by atoms with Crippen molar-refractivity contribution < 1.29 is 9.47 Å². The Balaban J connectivity index is 2.09. The molecule has 2 rings (SSSR count). The standard InChI is InChI=1S/C18H29NO2/c1-20-16-6-7-17(21-2)15(14-16)8-11-18(12-13-19)9-4-3-5-10-18/h6-7,14H,3-5,8-13,19H2,1-2H3. The van der Waals surface area contributed by atoms with Crippen molar-refractivity contribution in [3.63, 3.8) is 0 Å². The van der Waals surface area contributed by atoms with Crippen LogP contribution in [0.5, 0.6) is 11.5 Å². The monoisotopic (exact) mass is 291 g/mol. The van der Waals surface area contributed by atoms with Gasteiger partial charge >= 0.3 is 0 Å². The van der Waals surface area contributed by atoms with Crippen LogP contribution in [0.4, 0.5) is 0 Å². The van der Waals surface area contributed by atoms with Gasteiger partial charge in [0.1, 0.15) is 11.5 Å². The highest BCUT2D eigenvalue weighted by molar-refractivity contribution is 5.40. The largest absolute Gasteiger partial charge is 0.497 e. The second-order valence-corrected chi connectivity index (χ2v) is 6.28. The number of rotatable bonds is 7. The predicted molar refractivity (Wildman–Crippen MR) is 87.1 cm³/mol. The third kappa shape index (κ3) is 4.13. The van der Waals surface area contributed by atoms with Crippen molar-refractivity contribution in [1.29, 1.82) is 0 Å². The molecule has 0 spiro atoms. The molecule has 0 aromatic heterocycles. The van der Waals surface area contributed by atoms with Crippen molar-refractivity contribution in [2.24, 2.45) is 11.1 Å². The Morgan fingerprint density at radius 2 is 1.81 bits per heavy atom. The molecule has 1 aromatic rings. The van der Waals surface area contributed by atoms with E-state index in [0.29, 0.717) is 5.41 Å². The minimum absolute atomic E-state index is 0.446. The number of ether oxygens (including phenoxy) is 2. The van der Waals surface area contributed by atoms with Gasteiger partial charge in [0, 0.05) is 0 Å². The smallest absolute Gasteiger partial charge is 0.122 e. The van der Waals surface area contributed by atoms with E-state index < -0.39 is 0 Å². The van der Waals surface area contributed by atoms with Gasteiger partial charge in [-0.05, 0) is 67.8 Å².